The maximum atomic E-state index is 13.0. The zero-order valence-electron chi connectivity index (χ0n) is 13.0. The fourth-order valence-electron chi connectivity index (χ4n) is 2.37. The Labute approximate surface area is 132 Å². The number of hydrogen-bond acceptors (Lipinski definition) is 3. The molecule has 3 atom stereocenters. The zero-order valence-corrected chi connectivity index (χ0v) is 13.0. The van der Waals surface area contributed by atoms with Crippen LogP contribution < -0.4 is 5.32 Å². The van der Waals surface area contributed by atoms with Crippen LogP contribution in [0, 0.1) is 0 Å². The molecule has 2 aromatic rings. The first-order valence-corrected chi connectivity index (χ1v) is 7.37. The second-order valence-corrected chi connectivity index (χ2v) is 5.52. The molecule has 0 saturated heterocycles. The third-order valence-corrected chi connectivity index (χ3v) is 3.92. The predicted molar refractivity (Wildman–Crippen MR) is 80.8 cm³/mol. The summed E-state index contributed by atoms with van der Waals surface area (Å²) in [6.07, 6.45) is -2.23. The van der Waals surface area contributed by atoms with E-state index in [0.717, 1.165) is 6.07 Å². The molecule has 0 unspecified atom stereocenters. The van der Waals surface area contributed by atoms with E-state index in [1.807, 2.05) is 20.0 Å². The average Bonchev–Trinajstić information content (AvgIpc) is 3.05. The average molecular weight is 327 g/mol. The fourth-order valence-corrected chi connectivity index (χ4v) is 2.37. The third-order valence-electron chi connectivity index (χ3n) is 3.92. The topological polar surface area (TPSA) is 50.1 Å². The quantitative estimate of drug-likeness (QED) is 0.857. The smallest absolute Gasteiger partial charge is 0.387 e. The lowest BCUT2D eigenvalue weighted by Crippen LogP contribution is -2.36. The minimum Gasteiger partial charge on any atom is -0.387 e. The van der Waals surface area contributed by atoms with E-state index in [0.29, 0.717) is 0 Å². The van der Waals surface area contributed by atoms with E-state index in [1.165, 1.54) is 18.2 Å². The number of nitrogens with one attached hydrogen (secondary N) is 1. The summed E-state index contributed by atoms with van der Waals surface area (Å²) < 4.78 is 40.7. The number of aliphatic hydroxyl groups is 1. The lowest BCUT2D eigenvalue weighted by molar-refractivity contribution is -0.139. The number of benzene rings is 1. The van der Waals surface area contributed by atoms with E-state index in [-0.39, 0.29) is 24.2 Å². The van der Waals surface area contributed by atoms with E-state index >= 15 is 0 Å². The van der Waals surface area contributed by atoms with E-state index in [1.54, 1.807) is 16.9 Å². The molecule has 0 fully saturated rings. The molecule has 0 aliphatic heterocycles. The van der Waals surface area contributed by atoms with Crippen LogP contribution in [0.15, 0.2) is 42.7 Å². The number of nitrogens with zero attached hydrogens (tertiary/aromatic N) is 2. The van der Waals surface area contributed by atoms with Gasteiger partial charge in [0, 0.05) is 25.0 Å². The van der Waals surface area contributed by atoms with Crippen molar-refractivity contribution in [1.29, 1.82) is 0 Å². The minimum absolute atomic E-state index is 0.00931. The van der Waals surface area contributed by atoms with Crippen molar-refractivity contribution in [1.82, 2.24) is 15.1 Å². The lowest BCUT2D eigenvalue weighted by Gasteiger charge is -2.24. The summed E-state index contributed by atoms with van der Waals surface area (Å²) in [4.78, 5) is 0. The molecule has 0 aliphatic carbocycles. The second-order valence-electron chi connectivity index (χ2n) is 5.52. The van der Waals surface area contributed by atoms with Gasteiger partial charge in [-0.15, -0.1) is 0 Å². The molecule has 0 amide bonds. The van der Waals surface area contributed by atoms with Gasteiger partial charge in [-0.3, -0.25) is 4.68 Å². The Hall–Kier alpha value is -1.86. The van der Waals surface area contributed by atoms with Gasteiger partial charge in [0.1, 0.15) is 0 Å². The molecule has 0 bridgehead atoms. The van der Waals surface area contributed by atoms with Crippen LogP contribution in [-0.4, -0.2) is 27.5 Å². The van der Waals surface area contributed by atoms with Gasteiger partial charge in [-0.05, 0) is 31.5 Å². The molecule has 0 aliphatic rings. The highest BCUT2D eigenvalue weighted by Crippen LogP contribution is 2.34. The van der Waals surface area contributed by atoms with Crippen molar-refractivity contribution >= 4 is 0 Å². The Bertz CT molecular complexity index is 613. The number of alkyl halides is 3. The van der Waals surface area contributed by atoms with E-state index in [2.05, 4.69) is 10.4 Å². The SMILES string of the molecule is C[C@H](NC[C@@H](O)c1ccccc1C(F)(F)F)[C@@H](C)n1cccn1. The first-order valence-electron chi connectivity index (χ1n) is 7.37. The molecule has 0 saturated carbocycles. The van der Waals surface area contributed by atoms with Gasteiger partial charge in [-0.1, -0.05) is 18.2 Å². The summed E-state index contributed by atoms with van der Waals surface area (Å²) in [6, 6.07) is 6.83. The number of hydrogen-bond donors (Lipinski definition) is 2. The highest BCUT2D eigenvalue weighted by atomic mass is 19.4. The third kappa shape index (κ3) is 4.33. The number of rotatable bonds is 6. The van der Waals surface area contributed by atoms with Crippen molar-refractivity contribution in [2.24, 2.45) is 0 Å². The van der Waals surface area contributed by atoms with E-state index in [9.17, 15) is 18.3 Å². The first kappa shape index (κ1) is 17.5. The van der Waals surface area contributed by atoms with Crippen LogP contribution in [0.5, 0.6) is 0 Å². The van der Waals surface area contributed by atoms with E-state index in [4.69, 9.17) is 0 Å². The van der Waals surface area contributed by atoms with Crippen molar-refractivity contribution in [2.75, 3.05) is 6.54 Å². The summed E-state index contributed by atoms with van der Waals surface area (Å²) >= 11 is 0. The van der Waals surface area contributed by atoms with Crippen molar-refractivity contribution in [3.05, 3.63) is 53.9 Å². The molecule has 2 rings (SSSR count). The van der Waals surface area contributed by atoms with Gasteiger partial charge in [0.15, 0.2) is 0 Å². The van der Waals surface area contributed by atoms with Gasteiger partial charge >= 0.3 is 6.18 Å². The summed E-state index contributed by atoms with van der Waals surface area (Å²) in [5.41, 5.74) is -0.923. The van der Waals surface area contributed by atoms with Crippen molar-refractivity contribution in [3.8, 4) is 0 Å². The molecular weight excluding hydrogens is 307 g/mol. The number of aromatic nitrogens is 2. The summed E-state index contributed by atoms with van der Waals surface area (Å²) in [6.45, 7) is 3.87. The molecule has 126 valence electrons. The lowest BCUT2D eigenvalue weighted by atomic mass is 10.0. The molecule has 1 aromatic carbocycles. The summed E-state index contributed by atoms with van der Waals surface area (Å²) in [5.74, 6) is 0. The van der Waals surface area contributed by atoms with Gasteiger partial charge in [-0.2, -0.15) is 18.3 Å². The molecule has 0 radical (unpaired) electrons. The first-order chi connectivity index (χ1) is 10.8. The Morgan fingerprint density at radius 3 is 2.52 bits per heavy atom. The van der Waals surface area contributed by atoms with Crippen LogP contribution in [0.2, 0.25) is 0 Å². The maximum Gasteiger partial charge on any atom is 0.416 e. The molecule has 7 heteroatoms. The van der Waals surface area contributed by atoms with Crippen molar-refractivity contribution < 1.29 is 18.3 Å². The Morgan fingerprint density at radius 2 is 1.91 bits per heavy atom. The van der Waals surface area contributed by atoms with Crippen LogP contribution in [0.3, 0.4) is 0 Å². The Balaban J connectivity index is 2.01. The maximum absolute atomic E-state index is 13.0. The molecule has 1 aromatic heterocycles. The van der Waals surface area contributed by atoms with E-state index < -0.39 is 17.8 Å². The Morgan fingerprint density at radius 1 is 1.22 bits per heavy atom. The van der Waals surface area contributed by atoms with Gasteiger partial charge in [0.2, 0.25) is 0 Å². The number of aliphatic hydroxyl groups excluding tert-OH is 1. The molecule has 0 spiro atoms. The van der Waals surface area contributed by atoms with Crippen LogP contribution in [0.1, 0.15) is 37.1 Å². The van der Waals surface area contributed by atoms with Gasteiger partial charge < -0.3 is 10.4 Å². The normalized spacial score (nSPS) is 16.1. The number of halogens is 3. The Kier molecular flexibility index (Phi) is 5.43. The van der Waals surface area contributed by atoms with Crippen LogP contribution in [0.25, 0.3) is 0 Å². The standard InChI is InChI=1S/C16H20F3N3O/c1-11(12(2)22-9-5-8-21-22)20-10-15(23)13-6-3-4-7-14(13)16(17,18)19/h3-9,11-12,15,20,23H,10H2,1-2H3/t11-,12+,15+/m0/s1. The van der Waals surface area contributed by atoms with Gasteiger partial charge in [-0.25, -0.2) is 0 Å². The second kappa shape index (κ2) is 7.14. The molecule has 4 nitrogen and oxygen atoms in total. The van der Waals surface area contributed by atoms with Gasteiger partial charge in [0.25, 0.3) is 0 Å². The monoisotopic (exact) mass is 327 g/mol. The van der Waals surface area contributed by atoms with Gasteiger partial charge in [0.05, 0.1) is 17.7 Å². The minimum atomic E-state index is -4.48. The largest absolute Gasteiger partial charge is 0.416 e. The van der Waals surface area contributed by atoms with Crippen molar-refractivity contribution in [2.45, 2.75) is 38.2 Å². The predicted octanol–water partition coefficient (Wildman–Crippen LogP) is 3.17. The van der Waals surface area contributed by atoms with Crippen LogP contribution >= 0.6 is 0 Å². The molecule has 23 heavy (non-hydrogen) atoms. The van der Waals surface area contributed by atoms with Crippen molar-refractivity contribution in [3.63, 3.8) is 0 Å². The summed E-state index contributed by atoms with van der Waals surface area (Å²) in [7, 11) is 0. The summed E-state index contributed by atoms with van der Waals surface area (Å²) in [5, 5.41) is 17.3. The zero-order chi connectivity index (χ0) is 17.0. The van der Waals surface area contributed by atoms with Crippen LogP contribution in [-0.2, 0) is 6.18 Å². The molecule has 1 heterocycles. The van der Waals surface area contributed by atoms with Crippen LogP contribution in [0.4, 0.5) is 13.2 Å². The molecular formula is C16H20F3N3O. The molecule has 2 N–H and O–H groups in total. The highest BCUT2D eigenvalue weighted by molar-refractivity contribution is 5.31. The highest BCUT2D eigenvalue weighted by Gasteiger charge is 2.34. The fraction of sp³-hybridized carbons (Fsp3) is 0.438.